The highest BCUT2D eigenvalue weighted by atomic mass is 32.2. The van der Waals surface area contributed by atoms with E-state index in [4.69, 9.17) is 10.2 Å². The van der Waals surface area contributed by atoms with E-state index in [1.807, 2.05) is 0 Å². The van der Waals surface area contributed by atoms with Crippen molar-refractivity contribution in [2.24, 2.45) is 5.92 Å². The summed E-state index contributed by atoms with van der Waals surface area (Å²) in [7, 11) is 0. The van der Waals surface area contributed by atoms with Crippen LogP contribution in [0.2, 0.25) is 0 Å². The molecular weight excluding hydrogens is 262 g/mol. The first-order valence-electron chi connectivity index (χ1n) is 6.10. The Hall–Kier alpha value is -1.69. The van der Waals surface area contributed by atoms with Crippen molar-refractivity contribution >= 4 is 34.5 Å². The van der Waals surface area contributed by atoms with Gasteiger partial charge in [-0.15, -0.1) is 0 Å². The smallest absolute Gasteiger partial charge is 0.257 e. The van der Waals surface area contributed by atoms with E-state index in [0.717, 1.165) is 5.52 Å². The maximum atomic E-state index is 11.6. The van der Waals surface area contributed by atoms with Crippen LogP contribution in [0.25, 0.3) is 11.1 Å². The van der Waals surface area contributed by atoms with Crippen LogP contribution in [0.1, 0.15) is 13.8 Å². The molecule has 1 amide bonds. The van der Waals surface area contributed by atoms with Gasteiger partial charge >= 0.3 is 0 Å². The van der Waals surface area contributed by atoms with Gasteiger partial charge in [-0.3, -0.25) is 4.79 Å². The van der Waals surface area contributed by atoms with Gasteiger partial charge in [0.15, 0.2) is 5.58 Å². The summed E-state index contributed by atoms with van der Waals surface area (Å²) in [6.07, 6.45) is 0. The molecule has 0 aliphatic carbocycles. The molecule has 6 heteroatoms. The van der Waals surface area contributed by atoms with Crippen LogP contribution in [0.4, 0.5) is 5.69 Å². The van der Waals surface area contributed by atoms with Gasteiger partial charge in [-0.25, -0.2) is 4.98 Å². The minimum Gasteiger partial charge on any atom is -0.431 e. The number of benzene rings is 1. The number of nitrogens with two attached hydrogens (primary N) is 1. The molecule has 1 aromatic carbocycles. The number of oxazole rings is 1. The van der Waals surface area contributed by atoms with Gasteiger partial charge in [0.25, 0.3) is 5.22 Å². The second kappa shape index (κ2) is 5.97. The number of carbonyl (C=O) groups is 1. The van der Waals surface area contributed by atoms with Crippen molar-refractivity contribution in [3.63, 3.8) is 0 Å². The molecule has 0 aliphatic heterocycles. The monoisotopic (exact) mass is 279 g/mol. The number of carbonyl (C=O) groups excluding carboxylic acids is 1. The number of amides is 1. The number of rotatable bonds is 5. The predicted molar refractivity (Wildman–Crippen MR) is 77.0 cm³/mol. The van der Waals surface area contributed by atoms with Gasteiger partial charge in [0.2, 0.25) is 5.91 Å². The highest BCUT2D eigenvalue weighted by molar-refractivity contribution is 7.99. The molecule has 2 aromatic rings. The van der Waals surface area contributed by atoms with Crippen molar-refractivity contribution in [2.45, 2.75) is 19.1 Å². The Kier molecular flexibility index (Phi) is 4.31. The topological polar surface area (TPSA) is 81.2 Å². The first kappa shape index (κ1) is 13.7. The predicted octanol–water partition coefficient (Wildman–Crippen LogP) is 2.27. The van der Waals surface area contributed by atoms with E-state index in [1.165, 1.54) is 11.8 Å². The number of hydrogen-bond donors (Lipinski definition) is 2. The second-order valence-electron chi connectivity index (χ2n) is 4.69. The maximum absolute atomic E-state index is 11.6. The van der Waals surface area contributed by atoms with Gasteiger partial charge in [0, 0.05) is 18.3 Å². The Balaban J connectivity index is 1.92. The minimum absolute atomic E-state index is 0.0135. The molecule has 0 fully saturated rings. The van der Waals surface area contributed by atoms with E-state index in [2.05, 4.69) is 24.1 Å². The maximum Gasteiger partial charge on any atom is 0.257 e. The minimum atomic E-state index is -0.0135. The number of nitrogens with one attached hydrogen (secondary N) is 1. The number of fused-ring (bicyclic) bond motifs is 1. The van der Waals surface area contributed by atoms with E-state index in [9.17, 15) is 4.79 Å². The standard InChI is InChI=1S/C13H17N3O2S/c1-8(2)6-15-12(17)7-19-13-16-10-4-3-9(14)5-11(10)18-13/h3-5,8H,6-7,14H2,1-2H3,(H,15,17). The summed E-state index contributed by atoms with van der Waals surface area (Å²) < 4.78 is 5.52. The summed E-state index contributed by atoms with van der Waals surface area (Å²) in [6, 6.07) is 5.30. The quantitative estimate of drug-likeness (QED) is 0.648. The lowest BCUT2D eigenvalue weighted by Gasteiger charge is -2.05. The zero-order chi connectivity index (χ0) is 13.8. The van der Waals surface area contributed by atoms with Crippen LogP contribution < -0.4 is 11.1 Å². The lowest BCUT2D eigenvalue weighted by atomic mass is 10.2. The van der Waals surface area contributed by atoms with Gasteiger partial charge < -0.3 is 15.5 Å². The van der Waals surface area contributed by atoms with Gasteiger partial charge in [-0.05, 0) is 18.1 Å². The Morgan fingerprint density at radius 1 is 1.53 bits per heavy atom. The molecule has 5 nitrogen and oxygen atoms in total. The molecule has 0 unspecified atom stereocenters. The summed E-state index contributed by atoms with van der Waals surface area (Å²) in [4.78, 5) is 15.9. The average Bonchev–Trinajstić information content (AvgIpc) is 2.75. The number of aromatic nitrogens is 1. The third-order valence-corrected chi connectivity index (χ3v) is 3.26. The van der Waals surface area contributed by atoms with Crippen molar-refractivity contribution in [1.29, 1.82) is 0 Å². The molecule has 0 atom stereocenters. The van der Waals surface area contributed by atoms with E-state index >= 15 is 0 Å². The van der Waals surface area contributed by atoms with E-state index in [1.54, 1.807) is 18.2 Å². The highest BCUT2D eigenvalue weighted by Crippen LogP contribution is 2.24. The first-order chi connectivity index (χ1) is 9.04. The van der Waals surface area contributed by atoms with Crippen LogP contribution in [0.15, 0.2) is 27.8 Å². The molecule has 102 valence electrons. The second-order valence-corrected chi connectivity index (χ2v) is 5.62. The zero-order valence-corrected chi connectivity index (χ0v) is 11.8. The Labute approximate surface area is 115 Å². The largest absolute Gasteiger partial charge is 0.431 e. The average molecular weight is 279 g/mol. The Morgan fingerprint density at radius 3 is 3.05 bits per heavy atom. The van der Waals surface area contributed by atoms with Crippen LogP contribution in [0, 0.1) is 5.92 Å². The molecule has 1 heterocycles. The Morgan fingerprint density at radius 2 is 2.32 bits per heavy atom. The van der Waals surface area contributed by atoms with E-state index < -0.39 is 0 Å². The number of nitrogen functional groups attached to an aromatic ring is 1. The molecule has 0 saturated heterocycles. The highest BCUT2D eigenvalue weighted by Gasteiger charge is 2.09. The van der Waals surface area contributed by atoms with Crippen molar-refractivity contribution in [1.82, 2.24) is 10.3 Å². The van der Waals surface area contributed by atoms with Crippen LogP contribution >= 0.6 is 11.8 Å². The third-order valence-electron chi connectivity index (χ3n) is 2.43. The number of hydrogen-bond acceptors (Lipinski definition) is 5. The first-order valence-corrected chi connectivity index (χ1v) is 7.08. The third kappa shape index (κ3) is 3.89. The molecule has 3 N–H and O–H groups in total. The van der Waals surface area contributed by atoms with Crippen LogP contribution in [0.5, 0.6) is 0 Å². The number of anilines is 1. The number of nitrogens with zero attached hydrogens (tertiary/aromatic N) is 1. The van der Waals surface area contributed by atoms with Crippen LogP contribution in [-0.2, 0) is 4.79 Å². The van der Waals surface area contributed by atoms with Gasteiger partial charge in [0.05, 0.1) is 5.75 Å². The fourth-order valence-corrected chi connectivity index (χ4v) is 2.15. The molecule has 1 aromatic heterocycles. The molecule has 0 spiro atoms. The normalized spacial score (nSPS) is 11.1. The molecule has 0 saturated carbocycles. The van der Waals surface area contributed by atoms with Gasteiger partial charge in [-0.1, -0.05) is 25.6 Å². The molecular formula is C13H17N3O2S. The van der Waals surface area contributed by atoms with Gasteiger partial charge in [-0.2, -0.15) is 0 Å². The Bertz CT molecular complexity index is 580. The molecule has 0 radical (unpaired) electrons. The van der Waals surface area contributed by atoms with Crippen LogP contribution in [0.3, 0.4) is 0 Å². The zero-order valence-electron chi connectivity index (χ0n) is 11.0. The number of thioether (sulfide) groups is 1. The van der Waals surface area contributed by atoms with E-state index in [-0.39, 0.29) is 5.91 Å². The SMILES string of the molecule is CC(C)CNC(=O)CSc1nc2ccc(N)cc2o1. The van der Waals surface area contributed by atoms with Crippen molar-refractivity contribution in [3.05, 3.63) is 18.2 Å². The molecule has 0 bridgehead atoms. The summed E-state index contributed by atoms with van der Waals surface area (Å²) in [5.74, 6) is 0.733. The van der Waals surface area contributed by atoms with Crippen molar-refractivity contribution in [2.75, 3.05) is 18.0 Å². The van der Waals surface area contributed by atoms with Crippen molar-refractivity contribution in [3.8, 4) is 0 Å². The fourth-order valence-electron chi connectivity index (χ4n) is 1.48. The molecule has 2 rings (SSSR count). The summed E-state index contributed by atoms with van der Waals surface area (Å²) >= 11 is 1.28. The summed E-state index contributed by atoms with van der Waals surface area (Å²) in [5, 5.41) is 3.33. The molecule has 0 aliphatic rings. The molecule has 19 heavy (non-hydrogen) atoms. The van der Waals surface area contributed by atoms with Gasteiger partial charge in [0.1, 0.15) is 5.52 Å². The lowest BCUT2D eigenvalue weighted by Crippen LogP contribution is -2.28. The summed E-state index contributed by atoms with van der Waals surface area (Å²) in [6.45, 7) is 4.79. The van der Waals surface area contributed by atoms with E-state index in [0.29, 0.717) is 34.7 Å². The lowest BCUT2D eigenvalue weighted by molar-refractivity contribution is -0.118. The summed E-state index contributed by atoms with van der Waals surface area (Å²) in [5.41, 5.74) is 7.69. The fraction of sp³-hybridized carbons (Fsp3) is 0.385. The van der Waals surface area contributed by atoms with Crippen LogP contribution in [-0.4, -0.2) is 23.2 Å². The van der Waals surface area contributed by atoms with Crippen molar-refractivity contribution < 1.29 is 9.21 Å².